The van der Waals surface area contributed by atoms with E-state index < -0.39 is 0 Å². The van der Waals surface area contributed by atoms with E-state index in [1.165, 1.54) is 10.9 Å². The number of hydrogen-bond acceptors (Lipinski definition) is 4. The molecule has 0 radical (unpaired) electrons. The highest BCUT2D eigenvalue weighted by Gasteiger charge is 2.25. The van der Waals surface area contributed by atoms with Crippen molar-refractivity contribution in [2.24, 2.45) is 5.92 Å². The van der Waals surface area contributed by atoms with Crippen LogP contribution in [-0.4, -0.2) is 51.6 Å². The third-order valence-electron chi connectivity index (χ3n) is 6.38. The minimum atomic E-state index is 0.0680. The zero-order chi connectivity index (χ0) is 22.6. The van der Waals surface area contributed by atoms with Crippen molar-refractivity contribution in [3.63, 3.8) is 0 Å². The van der Waals surface area contributed by atoms with E-state index in [0.717, 1.165) is 28.9 Å². The number of rotatable bonds is 5. The molecule has 2 aromatic carbocycles. The lowest BCUT2D eigenvalue weighted by Gasteiger charge is -2.25. The number of aromatic nitrogens is 3. The Morgan fingerprint density at radius 3 is 2.79 bits per heavy atom. The van der Waals surface area contributed by atoms with E-state index >= 15 is 0 Å². The highest BCUT2D eigenvalue weighted by molar-refractivity contribution is 5.95. The maximum Gasteiger partial charge on any atom is 0.254 e. The average Bonchev–Trinajstić information content (AvgIpc) is 3.10. The van der Waals surface area contributed by atoms with Crippen LogP contribution in [0.15, 0.2) is 73.2 Å². The van der Waals surface area contributed by atoms with Crippen molar-refractivity contribution < 1.29 is 9.53 Å². The van der Waals surface area contributed by atoms with Crippen LogP contribution in [0.25, 0.3) is 10.9 Å². The molecule has 6 heteroatoms. The fraction of sp³-hybridized carbons (Fsp3) is 0.296. The molecule has 1 atom stereocenters. The van der Waals surface area contributed by atoms with Crippen LogP contribution in [0.5, 0.6) is 0 Å². The van der Waals surface area contributed by atoms with Gasteiger partial charge in [-0.25, -0.2) is 4.98 Å². The summed E-state index contributed by atoms with van der Waals surface area (Å²) in [6.07, 6.45) is 6.41. The SMILES string of the molecule is Cc1nccn1Cc1ccccc1C(=O)N1CCOCC(Cc2cccc3ncccc23)C1. The number of benzene rings is 2. The molecule has 6 nitrogen and oxygen atoms in total. The van der Waals surface area contributed by atoms with Gasteiger partial charge in [0.1, 0.15) is 5.82 Å². The van der Waals surface area contributed by atoms with Crippen molar-refractivity contribution in [2.45, 2.75) is 19.9 Å². The molecule has 0 aliphatic carbocycles. The molecular formula is C27H28N4O2. The van der Waals surface area contributed by atoms with Gasteiger partial charge in [-0.2, -0.15) is 0 Å². The maximum absolute atomic E-state index is 13.6. The Balaban J connectivity index is 1.36. The van der Waals surface area contributed by atoms with Crippen LogP contribution in [0, 0.1) is 12.8 Å². The lowest BCUT2D eigenvalue weighted by atomic mass is 9.96. The number of hydrogen-bond donors (Lipinski definition) is 0. The Morgan fingerprint density at radius 2 is 1.91 bits per heavy atom. The van der Waals surface area contributed by atoms with Gasteiger partial charge in [0.05, 0.1) is 18.7 Å². The Kier molecular flexibility index (Phi) is 6.17. The van der Waals surface area contributed by atoms with Gasteiger partial charge >= 0.3 is 0 Å². The number of carbonyl (C=O) groups is 1. The van der Waals surface area contributed by atoms with Crippen molar-refractivity contribution in [2.75, 3.05) is 26.3 Å². The second-order valence-corrected chi connectivity index (χ2v) is 8.64. The van der Waals surface area contributed by atoms with Crippen LogP contribution in [0.4, 0.5) is 0 Å². The fourth-order valence-corrected chi connectivity index (χ4v) is 4.64. The van der Waals surface area contributed by atoms with Gasteiger partial charge in [-0.15, -0.1) is 0 Å². The molecule has 2 aromatic heterocycles. The molecule has 4 aromatic rings. The zero-order valence-electron chi connectivity index (χ0n) is 18.9. The lowest BCUT2D eigenvalue weighted by Crippen LogP contribution is -2.37. The second kappa shape index (κ2) is 9.55. The van der Waals surface area contributed by atoms with Crippen molar-refractivity contribution in [1.29, 1.82) is 0 Å². The first-order chi connectivity index (χ1) is 16.2. The van der Waals surface area contributed by atoms with Crippen LogP contribution in [0.1, 0.15) is 27.3 Å². The van der Waals surface area contributed by atoms with E-state index in [9.17, 15) is 4.79 Å². The lowest BCUT2D eigenvalue weighted by molar-refractivity contribution is 0.0736. The minimum absolute atomic E-state index is 0.0680. The Morgan fingerprint density at radius 1 is 1.03 bits per heavy atom. The van der Waals surface area contributed by atoms with E-state index in [4.69, 9.17) is 4.74 Å². The molecule has 1 saturated heterocycles. The molecule has 1 aliphatic heterocycles. The maximum atomic E-state index is 13.6. The molecule has 1 aliphatic rings. The van der Waals surface area contributed by atoms with E-state index in [1.54, 1.807) is 6.20 Å². The topological polar surface area (TPSA) is 60.2 Å². The zero-order valence-corrected chi connectivity index (χ0v) is 18.9. The van der Waals surface area contributed by atoms with E-state index in [1.807, 2.05) is 60.6 Å². The van der Waals surface area contributed by atoms with Gasteiger partial charge in [0.25, 0.3) is 5.91 Å². The molecule has 33 heavy (non-hydrogen) atoms. The molecule has 5 rings (SSSR count). The number of ether oxygens (including phenoxy) is 1. The summed E-state index contributed by atoms with van der Waals surface area (Å²) < 4.78 is 7.98. The Hall–Kier alpha value is -3.51. The van der Waals surface area contributed by atoms with E-state index in [2.05, 4.69) is 32.7 Å². The summed E-state index contributed by atoms with van der Waals surface area (Å²) >= 11 is 0. The standard InChI is InChI=1S/C27H28N4O2/c1-20-28-12-13-30(20)18-23-6-2-3-8-25(23)27(32)31-14-15-33-19-21(17-31)16-22-7-4-10-26-24(22)9-5-11-29-26/h2-13,21H,14-19H2,1H3. The fourth-order valence-electron chi connectivity index (χ4n) is 4.64. The number of amides is 1. The van der Waals surface area contributed by atoms with Crippen molar-refractivity contribution in [3.05, 3.63) is 95.7 Å². The first-order valence-electron chi connectivity index (χ1n) is 11.4. The van der Waals surface area contributed by atoms with Crippen molar-refractivity contribution >= 4 is 16.8 Å². The van der Waals surface area contributed by atoms with Gasteiger partial charge in [-0.05, 0) is 42.7 Å². The summed E-state index contributed by atoms with van der Waals surface area (Å²) in [5.41, 5.74) is 4.01. The highest BCUT2D eigenvalue weighted by atomic mass is 16.5. The number of pyridine rings is 1. The van der Waals surface area contributed by atoms with Gasteiger partial charge in [-0.1, -0.05) is 36.4 Å². The summed E-state index contributed by atoms with van der Waals surface area (Å²) in [7, 11) is 0. The third-order valence-corrected chi connectivity index (χ3v) is 6.38. The van der Waals surface area contributed by atoms with E-state index in [-0.39, 0.29) is 11.8 Å². The second-order valence-electron chi connectivity index (χ2n) is 8.64. The van der Waals surface area contributed by atoms with Crippen LogP contribution >= 0.6 is 0 Å². The molecule has 168 valence electrons. The minimum Gasteiger partial charge on any atom is -0.379 e. The molecule has 0 N–H and O–H groups in total. The number of nitrogens with zero attached hydrogens (tertiary/aromatic N) is 4. The monoisotopic (exact) mass is 440 g/mol. The summed E-state index contributed by atoms with van der Waals surface area (Å²) in [5, 5.41) is 1.17. The van der Waals surface area contributed by atoms with Gasteiger partial charge in [0.2, 0.25) is 0 Å². The number of fused-ring (bicyclic) bond motifs is 1. The molecule has 0 bridgehead atoms. The molecule has 3 heterocycles. The number of carbonyl (C=O) groups excluding carboxylic acids is 1. The average molecular weight is 441 g/mol. The van der Waals surface area contributed by atoms with Crippen LogP contribution in [0.3, 0.4) is 0 Å². The van der Waals surface area contributed by atoms with Crippen molar-refractivity contribution in [3.8, 4) is 0 Å². The summed E-state index contributed by atoms with van der Waals surface area (Å²) in [6, 6.07) is 18.2. The quantitative estimate of drug-likeness (QED) is 0.468. The van der Waals surface area contributed by atoms with Crippen LogP contribution in [0.2, 0.25) is 0 Å². The summed E-state index contributed by atoms with van der Waals surface area (Å²) in [4.78, 5) is 24.4. The molecule has 0 spiro atoms. The first kappa shape index (κ1) is 21.3. The molecule has 1 fully saturated rings. The van der Waals surface area contributed by atoms with Crippen LogP contribution in [-0.2, 0) is 17.7 Å². The van der Waals surface area contributed by atoms with Gasteiger partial charge in [-0.3, -0.25) is 9.78 Å². The number of imidazole rings is 1. The molecule has 1 unspecified atom stereocenters. The summed E-state index contributed by atoms with van der Waals surface area (Å²) in [5.74, 6) is 1.23. The molecule has 0 saturated carbocycles. The Labute approximate surface area is 193 Å². The third kappa shape index (κ3) is 4.66. The normalized spacial score (nSPS) is 16.6. The van der Waals surface area contributed by atoms with Crippen LogP contribution < -0.4 is 0 Å². The largest absolute Gasteiger partial charge is 0.379 e. The molecule has 1 amide bonds. The summed E-state index contributed by atoms with van der Waals surface area (Å²) in [6.45, 7) is 5.09. The van der Waals surface area contributed by atoms with E-state index in [0.29, 0.717) is 32.8 Å². The highest BCUT2D eigenvalue weighted by Crippen LogP contribution is 2.23. The predicted molar refractivity (Wildman–Crippen MR) is 128 cm³/mol. The van der Waals surface area contributed by atoms with Gasteiger partial charge in [0, 0.05) is 55.1 Å². The first-order valence-corrected chi connectivity index (χ1v) is 11.4. The van der Waals surface area contributed by atoms with Gasteiger partial charge in [0.15, 0.2) is 0 Å². The van der Waals surface area contributed by atoms with Crippen molar-refractivity contribution in [1.82, 2.24) is 19.4 Å². The van der Waals surface area contributed by atoms with Gasteiger partial charge < -0.3 is 14.2 Å². The predicted octanol–water partition coefficient (Wildman–Crippen LogP) is 4.12. The number of aryl methyl sites for hydroxylation is 1. The smallest absolute Gasteiger partial charge is 0.254 e. The molecular weight excluding hydrogens is 412 g/mol. The Bertz CT molecular complexity index is 1260.